The van der Waals surface area contributed by atoms with E-state index < -0.39 is 11.7 Å². The highest BCUT2D eigenvalue weighted by Crippen LogP contribution is 2.10. The number of carbonyl (C=O) groups is 1. The van der Waals surface area contributed by atoms with Gasteiger partial charge in [-0.25, -0.2) is 10.2 Å². The molecule has 0 aromatic heterocycles. The van der Waals surface area contributed by atoms with E-state index in [2.05, 4.69) is 15.8 Å². The van der Waals surface area contributed by atoms with Crippen LogP contribution in [-0.2, 0) is 9.47 Å². The van der Waals surface area contributed by atoms with E-state index >= 15 is 0 Å². The lowest BCUT2D eigenvalue weighted by Crippen LogP contribution is -2.50. The highest BCUT2D eigenvalue weighted by Gasteiger charge is 2.20. The van der Waals surface area contributed by atoms with Gasteiger partial charge in [0.25, 0.3) is 0 Å². The molecule has 1 amide bonds. The molecule has 1 aliphatic rings. The van der Waals surface area contributed by atoms with Gasteiger partial charge in [0.1, 0.15) is 5.60 Å². The van der Waals surface area contributed by atoms with Gasteiger partial charge < -0.3 is 14.4 Å². The molecule has 1 aliphatic heterocycles. The molecule has 1 saturated heterocycles. The molecule has 1 rings (SSSR count). The summed E-state index contributed by atoms with van der Waals surface area (Å²) in [5, 5.41) is 0. The van der Waals surface area contributed by atoms with Crippen LogP contribution >= 0.6 is 0 Å². The molecule has 1 heterocycles. The van der Waals surface area contributed by atoms with Gasteiger partial charge in [0, 0.05) is 19.7 Å². The molecule has 0 unspecified atom stereocenters. The zero-order chi connectivity index (χ0) is 14.3. The summed E-state index contributed by atoms with van der Waals surface area (Å²) in [5.41, 5.74) is 5.19. The first kappa shape index (κ1) is 16.2. The maximum absolute atomic E-state index is 11.5. The Balaban J connectivity index is 2.14. The van der Waals surface area contributed by atoms with Gasteiger partial charge in [-0.05, 0) is 46.7 Å². The number of rotatable bonds is 5. The van der Waals surface area contributed by atoms with Crippen molar-refractivity contribution in [1.82, 2.24) is 15.8 Å². The van der Waals surface area contributed by atoms with Crippen molar-refractivity contribution in [2.45, 2.75) is 45.3 Å². The predicted octanol–water partition coefficient (Wildman–Crippen LogP) is 1.13. The summed E-state index contributed by atoms with van der Waals surface area (Å²) in [5.74, 6) is 0. The van der Waals surface area contributed by atoms with Crippen LogP contribution in [0.15, 0.2) is 0 Å². The average molecular weight is 273 g/mol. The van der Waals surface area contributed by atoms with E-state index in [1.165, 1.54) is 0 Å². The molecule has 6 nitrogen and oxygen atoms in total. The van der Waals surface area contributed by atoms with Crippen LogP contribution < -0.4 is 10.9 Å². The summed E-state index contributed by atoms with van der Waals surface area (Å²) in [6.45, 7) is 9.34. The Hall–Kier alpha value is -0.850. The molecule has 0 aromatic carbocycles. The number of ether oxygens (including phenoxy) is 2. The summed E-state index contributed by atoms with van der Waals surface area (Å²) >= 11 is 0. The van der Waals surface area contributed by atoms with Crippen molar-refractivity contribution in [1.29, 1.82) is 0 Å². The number of likely N-dealkylation sites (tertiary alicyclic amines) is 1. The highest BCUT2D eigenvalue weighted by atomic mass is 16.6. The fraction of sp³-hybridized carbons (Fsp3) is 0.923. The predicted molar refractivity (Wildman–Crippen MR) is 73.8 cm³/mol. The minimum atomic E-state index is -0.463. The summed E-state index contributed by atoms with van der Waals surface area (Å²) in [7, 11) is 1.72. The Labute approximate surface area is 115 Å². The van der Waals surface area contributed by atoms with Crippen LogP contribution in [0.5, 0.6) is 0 Å². The Bertz CT molecular complexity index is 271. The lowest BCUT2D eigenvalue weighted by atomic mass is 10.1. The molecular weight excluding hydrogens is 246 g/mol. The van der Waals surface area contributed by atoms with Gasteiger partial charge in [-0.3, -0.25) is 5.43 Å². The van der Waals surface area contributed by atoms with Crippen molar-refractivity contribution in [2.75, 3.05) is 33.4 Å². The monoisotopic (exact) mass is 273 g/mol. The number of nitrogens with zero attached hydrogens (tertiary/aromatic N) is 1. The zero-order valence-corrected chi connectivity index (χ0v) is 12.5. The third-order valence-electron chi connectivity index (χ3n) is 2.98. The number of nitrogens with one attached hydrogen (secondary N) is 2. The molecule has 112 valence electrons. The Morgan fingerprint density at radius 2 is 1.95 bits per heavy atom. The molecule has 0 bridgehead atoms. The SMILES string of the molecule is COCCN1CCC(NNC(=O)OC(C)(C)C)CC1. The van der Waals surface area contributed by atoms with Crippen molar-refractivity contribution >= 4 is 6.09 Å². The Morgan fingerprint density at radius 3 is 2.47 bits per heavy atom. The van der Waals surface area contributed by atoms with Crippen molar-refractivity contribution in [3.8, 4) is 0 Å². The largest absolute Gasteiger partial charge is 0.443 e. The minimum Gasteiger partial charge on any atom is -0.443 e. The molecule has 0 radical (unpaired) electrons. The second-order valence-electron chi connectivity index (χ2n) is 5.88. The van der Waals surface area contributed by atoms with Crippen LogP contribution in [0.2, 0.25) is 0 Å². The summed E-state index contributed by atoms with van der Waals surface area (Å²) < 4.78 is 10.2. The van der Waals surface area contributed by atoms with Gasteiger partial charge in [0.15, 0.2) is 0 Å². The maximum Gasteiger partial charge on any atom is 0.422 e. The third kappa shape index (κ3) is 7.34. The van der Waals surface area contributed by atoms with Crippen molar-refractivity contribution < 1.29 is 14.3 Å². The quantitative estimate of drug-likeness (QED) is 0.735. The van der Waals surface area contributed by atoms with Crippen LogP contribution in [-0.4, -0.2) is 56.0 Å². The van der Waals surface area contributed by atoms with Gasteiger partial charge in [-0.1, -0.05) is 0 Å². The van der Waals surface area contributed by atoms with Crippen LogP contribution in [0.25, 0.3) is 0 Å². The molecule has 0 saturated carbocycles. The van der Waals surface area contributed by atoms with E-state index in [4.69, 9.17) is 9.47 Å². The first-order chi connectivity index (χ1) is 8.90. The maximum atomic E-state index is 11.5. The molecule has 2 N–H and O–H groups in total. The lowest BCUT2D eigenvalue weighted by Gasteiger charge is -2.32. The Kier molecular flexibility index (Phi) is 6.54. The Morgan fingerprint density at radius 1 is 1.32 bits per heavy atom. The lowest BCUT2D eigenvalue weighted by molar-refractivity contribution is 0.0472. The van der Waals surface area contributed by atoms with Gasteiger partial charge in [0.2, 0.25) is 0 Å². The second kappa shape index (κ2) is 7.67. The van der Waals surface area contributed by atoms with E-state index in [-0.39, 0.29) is 0 Å². The molecule has 6 heteroatoms. The average Bonchev–Trinajstić information content (AvgIpc) is 2.33. The topological polar surface area (TPSA) is 62.8 Å². The molecule has 0 aromatic rings. The number of amides is 1. The molecule has 0 aliphatic carbocycles. The van der Waals surface area contributed by atoms with Crippen LogP contribution in [0.1, 0.15) is 33.6 Å². The first-order valence-electron chi connectivity index (χ1n) is 6.86. The fourth-order valence-electron chi connectivity index (χ4n) is 1.99. The highest BCUT2D eigenvalue weighted by molar-refractivity contribution is 5.67. The van der Waals surface area contributed by atoms with Gasteiger partial charge in [-0.15, -0.1) is 0 Å². The van der Waals surface area contributed by atoms with Crippen molar-refractivity contribution in [3.05, 3.63) is 0 Å². The molecule has 0 atom stereocenters. The number of hydrogen-bond donors (Lipinski definition) is 2. The van der Waals surface area contributed by atoms with E-state index in [1.807, 2.05) is 20.8 Å². The summed E-state index contributed by atoms with van der Waals surface area (Å²) in [4.78, 5) is 13.9. The number of methoxy groups -OCH3 is 1. The number of hydrogen-bond acceptors (Lipinski definition) is 5. The van der Waals surface area contributed by atoms with E-state index in [0.717, 1.165) is 39.1 Å². The minimum absolute atomic E-state index is 0.311. The summed E-state index contributed by atoms with van der Waals surface area (Å²) in [6, 6.07) is 0.311. The molecule has 19 heavy (non-hydrogen) atoms. The third-order valence-corrected chi connectivity index (χ3v) is 2.98. The fourth-order valence-corrected chi connectivity index (χ4v) is 1.99. The van der Waals surface area contributed by atoms with Crippen LogP contribution in [0.3, 0.4) is 0 Å². The van der Waals surface area contributed by atoms with E-state index in [1.54, 1.807) is 7.11 Å². The normalized spacial score (nSPS) is 18.3. The smallest absolute Gasteiger partial charge is 0.422 e. The molecule has 0 spiro atoms. The number of hydrazine groups is 1. The zero-order valence-electron chi connectivity index (χ0n) is 12.5. The van der Waals surface area contributed by atoms with Crippen molar-refractivity contribution in [3.63, 3.8) is 0 Å². The second-order valence-corrected chi connectivity index (χ2v) is 5.88. The van der Waals surface area contributed by atoms with Crippen LogP contribution in [0, 0.1) is 0 Å². The first-order valence-corrected chi connectivity index (χ1v) is 6.86. The van der Waals surface area contributed by atoms with Gasteiger partial charge >= 0.3 is 6.09 Å². The molecular formula is C13H27N3O3. The number of carbonyl (C=O) groups excluding carboxylic acids is 1. The van der Waals surface area contributed by atoms with Crippen LogP contribution in [0.4, 0.5) is 4.79 Å². The van der Waals surface area contributed by atoms with E-state index in [0.29, 0.717) is 6.04 Å². The number of piperidine rings is 1. The van der Waals surface area contributed by atoms with Gasteiger partial charge in [0.05, 0.1) is 6.61 Å². The molecule has 1 fully saturated rings. The standard InChI is InChI=1S/C13H27N3O3/c1-13(2,3)19-12(17)15-14-11-5-7-16(8-6-11)9-10-18-4/h11,14H,5-10H2,1-4H3,(H,15,17). The summed E-state index contributed by atoms with van der Waals surface area (Å²) in [6.07, 6.45) is 1.60. The van der Waals surface area contributed by atoms with Gasteiger partial charge in [-0.2, -0.15) is 0 Å². The van der Waals surface area contributed by atoms with Crippen molar-refractivity contribution in [2.24, 2.45) is 0 Å². The van der Waals surface area contributed by atoms with E-state index in [9.17, 15) is 4.79 Å².